The van der Waals surface area contributed by atoms with E-state index in [1.807, 2.05) is 6.07 Å². The van der Waals surface area contributed by atoms with E-state index in [4.69, 9.17) is 0 Å². The second kappa shape index (κ2) is 6.48. The number of nitrogens with one attached hydrogen (secondary N) is 1. The Kier molecular flexibility index (Phi) is 4.93. The van der Waals surface area contributed by atoms with Crippen molar-refractivity contribution in [3.05, 3.63) is 35.0 Å². The lowest BCUT2D eigenvalue weighted by atomic mass is 10.2. The highest BCUT2D eigenvalue weighted by Gasteiger charge is 2.10. The third-order valence-electron chi connectivity index (χ3n) is 2.77. The van der Waals surface area contributed by atoms with E-state index in [0.29, 0.717) is 16.2 Å². The molecule has 0 aliphatic rings. The summed E-state index contributed by atoms with van der Waals surface area (Å²) in [5, 5.41) is 3.79. The van der Waals surface area contributed by atoms with Gasteiger partial charge >= 0.3 is 0 Å². The molecule has 1 N–H and O–H groups in total. The van der Waals surface area contributed by atoms with Crippen molar-refractivity contribution in [1.82, 2.24) is 5.32 Å². The first-order valence-electron chi connectivity index (χ1n) is 6.17. The van der Waals surface area contributed by atoms with E-state index >= 15 is 0 Å². The van der Waals surface area contributed by atoms with Crippen LogP contribution in [0.15, 0.2) is 24.3 Å². The number of hydrogen-bond donors (Lipinski definition) is 1. The Labute approximate surface area is 124 Å². The quantitative estimate of drug-likeness (QED) is 0.635. The number of carbonyl (C=O) groups excluding carboxylic acids is 1. The summed E-state index contributed by atoms with van der Waals surface area (Å²) in [5.74, 6) is -0.351. The summed E-state index contributed by atoms with van der Waals surface area (Å²) in [6.07, 6.45) is 1.97. The average Bonchev–Trinajstić information content (AvgIpc) is 2.77. The van der Waals surface area contributed by atoms with Crippen molar-refractivity contribution in [2.24, 2.45) is 0 Å². The molecule has 2 nitrogen and oxygen atoms in total. The van der Waals surface area contributed by atoms with Crippen molar-refractivity contribution >= 4 is 43.3 Å². The summed E-state index contributed by atoms with van der Waals surface area (Å²) < 4.78 is 13.9. The zero-order valence-corrected chi connectivity index (χ0v) is 13.0. The van der Waals surface area contributed by atoms with Gasteiger partial charge in [0, 0.05) is 16.1 Å². The van der Waals surface area contributed by atoms with Crippen molar-refractivity contribution in [2.45, 2.75) is 24.6 Å². The lowest BCUT2D eigenvalue weighted by Crippen LogP contribution is -2.23. The van der Waals surface area contributed by atoms with E-state index < -0.39 is 0 Å². The van der Waals surface area contributed by atoms with Gasteiger partial charge in [-0.2, -0.15) is 0 Å². The summed E-state index contributed by atoms with van der Waals surface area (Å²) in [4.78, 5) is 13.0. The summed E-state index contributed by atoms with van der Waals surface area (Å²) in [6.45, 7) is 2.75. The molecule has 0 saturated carbocycles. The summed E-state index contributed by atoms with van der Waals surface area (Å²) in [7, 11) is 0. The van der Waals surface area contributed by atoms with Crippen LogP contribution in [0.4, 0.5) is 4.39 Å². The highest BCUT2D eigenvalue weighted by Crippen LogP contribution is 2.26. The van der Waals surface area contributed by atoms with Crippen molar-refractivity contribution in [3.63, 3.8) is 0 Å². The second-order valence-corrected chi connectivity index (χ2v) is 7.12. The van der Waals surface area contributed by atoms with E-state index in [-0.39, 0.29) is 11.7 Å². The third-order valence-corrected chi connectivity index (χ3v) is 4.32. The van der Waals surface area contributed by atoms with Crippen LogP contribution >= 0.6 is 27.3 Å². The van der Waals surface area contributed by atoms with Gasteiger partial charge in [0.05, 0.1) is 4.88 Å². The Morgan fingerprint density at radius 1 is 1.47 bits per heavy atom. The molecule has 1 atom stereocenters. The Bertz CT molecular complexity index is 582. The van der Waals surface area contributed by atoms with E-state index in [0.717, 1.165) is 22.9 Å². The molecule has 1 aromatic heterocycles. The van der Waals surface area contributed by atoms with Crippen molar-refractivity contribution in [2.75, 3.05) is 6.54 Å². The fourth-order valence-corrected chi connectivity index (χ4v) is 3.12. The molecule has 19 heavy (non-hydrogen) atoms. The number of rotatable bonds is 5. The molecule has 2 aromatic rings. The van der Waals surface area contributed by atoms with Crippen LogP contribution in [0.5, 0.6) is 0 Å². The molecular formula is C14H15BrFNOS. The monoisotopic (exact) mass is 343 g/mol. The van der Waals surface area contributed by atoms with Crippen LogP contribution in [0.2, 0.25) is 0 Å². The molecule has 1 aromatic carbocycles. The molecule has 0 spiro atoms. The minimum atomic E-state index is -0.271. The zero-order valence-electron chi connectivity index (χ0n) is 10.6. The molecule has 0 aliphatic heterocycles. The minimum Gasteiger partial charge on any atom is -0.351 e. The maximum absolute atomic E-state index is 13.1. The standard InChI is InChI=1S/C14H15BrFNOS/c1-9(15)3-2-6-17-14(18)13-7-10-4-5-11(16)8-12(10)19-13/h4-5,7-9H,2-3,6H2,1H3,(H,17,18). The number of amides is 1. The van der Waals surface area contributed by atoms with Crippen molar-refractivity contribution < 1.29 is 9.18 Å². The summed E-state index contributed by atoms with van der Waals surface area (Å²) in [6, 6.07) is 6.38. The predicted octanol–water partition coefficient (Wildman–Crippen LogP) is 4.33. The zero-order chi connectivity index (χ0) is 13.8. The number of fused-ring (bicyclic) bond motifs is 1. The van der Waals surface area contributed by atoms with Gasteiger partial charge < -0.3 is 5.32 Å². The first-order chi connectivity index (χ1) is 9.06. The molecule has 2 rings (SSSR count). The smallest absolute Gasteiger partial charge is 0.261 e. The fraction of sp³-hybridized carbons (Fsp3) is 0.357. The lowest BCUT2D eigenvalue weighted by molar-refractivity contribution is 0.0957. The Hall–Kier alpha value is -0.940. The molecule has 0 saturated heterocycles. The van der Waals surface area contributed by atoms with Gasteiger partial charge in [-0.05, 0) is 36.4 Å². The van der Waals surface area contributed by atoms with E-state index in [1.54, 1.807) is 6.07 Å². The average molecular weight is 344 g/mol. The molecule has 0 aliphatic carbocycles. The van der Waals surface area contributed by atoms with E-state index in [9.17, 15) is 9.18 Å². The lowest BCUT2D eigenvalue weighted by Gasteiger charge is -2.04. The summed E-state index contributed by atoms with van der Waals surface area (Å²) >= 11 is 4.79. The molecule has 5 heteroatoms. The first-order valence-corrected chi connectivity index (χ1v) is 7.91. The van der Waals surface area contributed by atoms with Crippen LogP contribution in [0, 0.1) is 5.82 Å². The van der Waals surface area contributed by atoms with Gasteiger partial charge in [-0.25, -0.2) is 4.39 Å². The summed E-state index contributed by atoms with van der Waals surface area (Å²) in [5.41, 5.74) is 0. The molecule has 1 unspecified atom stereocenters. The minimum absolute atomic E-state index is 0.0798. The van der Waals surface area contributed by atoms with E-state index in [2.05, 4.69) is 28.2 Å². The number of halogens is 2. The van der Waals surface area contributed by atoms with Gasteiger partial charge in [-0.1, -0.05) is 28.9 Å². The topological polar surface area (TPSA) is 29.1 Å². The molecule has 1 amide bonds. The molecule has 0 radical (unpaired) electrons. The SMILES string of the molecule is CC(Br)CCCNC(=O)c1cc2ccc(F)cc2s1. The van der Waals surface area contributed by atoms with Gasteiger partial charge in [0.15, 0.2) is 0 Å². The van der Waals surface area contributed by atoms with Crippen LogP contribution in [0.1, 0.15) is 29.4 Å². The first kappa shape index (κ1) is 14.5. The van der Waals surface area contributed by atoms with Gasteiger partial charge in [0.1, 0.15) is 5.82 Å². The second-order valence-electron chi connectivity index (χ2n) is 4.47. The third kappa shape index (κ3) is 4.01. The van der Waals surface area contributed by atoms with Crippen LogP contribution in [-0.2, 0) is 0 Å². The fourth-order valence-electron chi connectivity index (χ4n) is 1.79. The number of carbonyl (C=O) groups is 1. The molecule has 1 heterocycles. The van der Waals surface area contributed by atoms with Gasteiger partial charge in [0.2, 0.25) is 0 Å². The van der Waals surface area contributed by atoms with Crippen LogP contribution < -0.4 is 5.32 Å². The Morgan fingerprint density at radius 3 is 3.00 bits per heavy atom. The molecular weight excluding hydrogens is 329 g/mol. The maximum Gasteiger partial charge on any atom is 0.261 e. The Balaban J connectivity index is 1.97. The maximum atomic E-state index is 13.1. The van der Waals surface area contributed by atoms with Gasteiger partial charge in [-0.15, -0.1) is 11.3 Å². The Morgan fingerprint density at radius 2 is 2.26 bits per heavy atom. The number of alkyl halides is 1. The van der Waals surface area contributed by atoms with Crippen LogP contribution in [0.25, 0.3) is 10.1 Å². The number of benzene rings is 1. The number of hydrogen-bond acceptors (Lipinski definition) is 2. The van der Waals surface area contributed by atoms with Crippen molar-refractivity contribution in [3.8, 4) is 0 Å². The van der Waals surface area contributed by atoms with Crippen LogP contribution in [-0.4, -0.2) is 17.3 Å². The van der Waals surface area contributed by atoms with Crippen molar-refractivity contribution in [1.29, 1.82) is 0 Å². The highest BCUT2D eigenvalue weighted by molar-refractivity contribution is 9.09. The number of thiophene rings is 1. The molecule has 0 fully saturated rings. The van der Waals surface area contributed by atoms with Crippen LogP contribution in [0.3, 0.4) is 0 Å². The largest absolute Gasteiger partial charge is 0.351 e. The highest BCUT2D eigenvalue weighted by atomic mass is 79.9. The van der Waals surface area contributed by atoms with E-state index in [1.165, 1.54) is 23.5 Å². The normalized spacial score (nSPS) is 12.6. The predicted molar refractivity (Wildman–Crippen MR) is 81.7 cm³/mol. The molecule has 102 valence electrons. The molecule has 0 bridgehead atoms. The van der Waals surface area contributed by atoms with Gasteiger partial charge in [-0.3, -0.25) is 4.79 Å². The van der Waals surface area contributed by atoms with Gasteiger partial charge in [0.25, 0.3) is 5.91 Å².